The number of thiol groups is 1. The van der Waals surface area contributed by atoms with Crippen LogP contribution in [0.2, 0.25) is 0 Å². The van der Waals surface area contributed by atoms with Crippen LogP contribution in [0.15, 0.2) is 30.3 Å². The standard InChI is InChI=1S/C9H9NS.C2H6/c1-9(11,7-10)8-5-3-2-4-6-8;1-2/h2-6,11H,1H3;1-2H3. The minimum Gasteiger partial charge on any atom is -0.196 e. The summed E-state index contributed by atoms with van der Waals surface area (Å²) in [6, 6.07) is 11.6. The lowest BCUT2D eigenvalue weighted by molar-refractivity contribution is 0.906. The van der Waals surface area contributed by atoms with Crippen molar-refractivity contribution in [3.63, 3.8) is 0 Å². The van der Waals surface area contributed by atoms with Gasteiger partial charge in [-0.2, -0.15) is 17.9 Å². The molecule has 0 aromatic heterocycles. The van der Waals surface area contributed by atoms with E-state index in [2.05, 4.69) is 18.7 Å². The van der Waals surface area contributed by atoms with E-state index in [0.717, 1.165) is 5.56 Å². The van der Waals surface area contributed by atoms with E-state index in [1.54, 1.807) is 6.92 Å². The maximum absolute atomic E-state index is 8.72. The third-order valence-corrected chi connectivity index (χ3v) is 1.91. The second-order valence-electron chi connectivity index (χ2n) is 2.55. The second-order valence-corrected chi connectivity index (χ2v) is 3.44. The van der Waals surface area contributed by atoms with Gasteiger partial charge in [0.05, 0.1) is 6.07 Å². The van der Waals surface area contributed by atoms with Crippen molar-refractivity contribution in [2.24, 2.45) is 0 Å². The summed E-state index contributed by atoms with van der Waals surface area (Å²) in [7, 11) is 0. The van der Waals surface area contributed by atoms with Gasteiger partial charge in [0.2, 0.25) is 0 Å². The van der Waals surface area contributed by atoms with Crippen LogP contribution >= 0.6 is 12.6 Å². The Labute approximate surface area is 85.8 Å². The van der Waals surface area contributed by atoms with Gasteiger partial charge in [0.1, 0.15) is 4.75 Å². The predicted molar refractivity (Wildman–Crippen MR) is 59.7 cm³/mol. The monoisotopic (exact) mass is 193 g/mol. The van der Waals surface area contributed by atoms with Crippen molar-refractivity contribution in [2.45, 2.75) is 25.5 Å². The highest BCUT2D eigenvalue weighted by atomic mass is 32.1. The highest BCUT2D eigenvalue weighted by molar-refractivity contribution is 7.81. The van der Waals surface area contributed by atoms with Gasteiger partial charge in [-0.1, -0.05) is 44.2 Å². The summed E-state index contributed by atoms with van der Waals surface area (Å²) >= 11 is 4.22. The van der Waals surface area contributed by atoms with Crippen molar-refractivity contribution in [3.8, 4) is 6.07 Å². The predicted octanol–water partition coefficient (Wildman–Crippen LogP) is 3.38. The average Bonchev–Trinajstić information content (AvgIpc) is 2.22. The summed E-state index contributed by atoms with van der Waals surface area (Å²) in [5.41, 5.74) is 0.936. The molecular formula is C11H15NS. The van der Waals surface area contributed by atoms with E-state index < -0.39 is 4.75 Å². The van der Waals surface area contributed by atoms with Gasteiger partial charge in [0.25, 0.3) is 0 Å². The number of nitrogens with zero attached hydrogens (tertiary/aromatic N) is 1. The van der Waals surface area contributed by atoms with Crippen LogP contribution in [0, 0.1) is 11.3 Å². The van der Waals surface area contributed by atoms with Gasteiger partial charge in [-0.05, 0) is 12.5 Å². The maximum Gasteiger partial charge on any atom is 0.122 e. The zero-order chi connectivity index (χ0) is 10.3. The Balaban J connectivity index is 0.000000671. The van der Waals surface area contributed by atoms with Crippen LogP contribution in [0.25, 0.3) is 0 Å². The molecule has 2 heteroatoms. The fourth-order valence-electron chi connectivity index (χ4n) is 0.827. The fraction of sp³-hybridized carbons (Fsp3) is 0.364. The van der Waals surface area contributed by atoms with Crippen molar-refractivity contribution in [3.05, 3.63) is 35.9 Å². The van der Waals surface area contributed by atoms with Crippen molar-refractivity contribution >= 4 is 12.6 Å². The van der Waals surface area contributed by atoms with E-state index in [1.165, 1.54) is 0 Å². The van der Waals surface area contributed by atoms with E-state index in [1.807, 2.05) is 44.2 Å². The Hall–Kier alpha value is -0.940. The van der Waals surface area contributed by atoms with Crippen LogP contribution in [0.1, 0.15) is 26.3 Å². The molecule has 1 unspecified atom stereocenters. The van der Waals surface area contributed by atoms with Gasteiger partial charge in [-0.25, -0.2) is 0 Å². The number of benzene rings is 1. The van der Waals surface area contributed by atoms with E-state index in [-0.39, 0.29) is 0 Å². The molecule has 0 amide bonds. The number of hydrogen-bond acceptors (Lipinski definition) is 2. The van der Waals surface area contributed by atoms with Crippen molar-refractivity contribution in [2.75, 3.05) is 0 Å². The van der Waals surface area contributed by atoms with Crippen LogP contribution in [0.3, 0.4) is 0 Å². The first-order valence-electron chi connectivity index (χ1n) is 4.36. The van der Waals surface area contributed by atoms with Crippen molar-refractivity contribution in [1.29, 1.82) is 5.26 Å². The summed E-state index contributed by atoms with van der Waals surface area (Å²) < 4.78 is -0.665. The lowest BCUT2D eigenvalue weighted by Crippen LogP contribution is -2.09. The van der Waals surface area contributed by atoms with Crippen molar-refractivity contribution < 1.29 is 0 Å². The molecule has 0 saturated carbocycles. The van der Waals surface area contributed by atoms with Crippen LogP contribution in [0.5, 0.6) is 0 Å². The highest BCUT2D eigenvalue weighted by Gasteiger charge is 2.19. The second kappa shape index (κ2) is 5.66. The number of rotatable bonds is 1. The largest absolute Gasteiger partial charge is 0.196 e. The molecule has 0 spiro atoms. The first-order valence-corrected chi connectivity index (χ1v) is 4.81. The minimum atomic E-state index is -0.665. The Morgan fingerprint density at radius 3 is 2.08 bits per heavy atom. The lowest BCUT2D eigenvalue weighted by atomic mass is 10.0. The zero-order valence-corrected chi connectivity index (χ0v) is 9.18. The van der Waals surface area contributed by atoms with Gasteiger partial charge in [0.15, 0.2) is 0 Å². The Kier molecular flexibility index (Phi) is 5.25. The summed E-state index contributed by atoms with van der Waals surface area (Å²) in [4.78, 5) is 0. The van der Waals surface area contributed by atoms with E-state index >= 15 is 0 Å². The summed E-state index contributed by atoms with van der Waals surface area (Å²) in [5.74, 6) is 0. The van der Waals surface area contributed by atoms with Gasteiger partial charge < -0.3 is 0 Å². The van der Waals surface area contributed by atoms with Gasteiger partial charge >= 0.3 is 0 Å². The molecule has 1 atom stereocenters. The van der Waals surface area contributed by atoms with E-state index in [0.29, 0.717) is 0 Å². The molecule has 0 heterocycles. The SMILES string of the molecule is CC.CC(S)(C#N)c1ccccc1. The Morgan fingerprint density at radius 1 is 1.23 bits per heavy atom. The minimum absolute atomic E-state index is 0.665. The molecule has 0 aliphatic carbocycles. The summed E-state index contributed by atoms with van der Waals surface area (Å²) in [6.07, 6.45) is 0. The zero-order valence-electron chi connectivity index (χ0n) is 8.28. The average molecular weight is 193 g/mol. The normalized spacial score (nSPS) is 13.2. The Bertz CT molecular complexity index is 272. The molecule has 1 nitrogen and oxygen atoms in total. The van der Waals surface area contributed by atoms with E-state index in [4.69, 9.17) is 5.26 Å². The molecule has 1 aromatic rings. The number of hydrogen-bond donors (Lipinski definition) is 1. The molecule has 0 N–H and O–H groups in total. The van der Waals surface area contributed by atoms with Crippen LogP contribution in [-0.4, -0.2) is 0 Å². The molecule has 0 radical (unpaired) electrons. The first kappa shape index (κ1) is 12.1. The maximum atomic E-state index is 8.72. The summed E-state index contributed by atoms with van der Waals surface area (Å²) in [6.45, 7) is 5.78. The third-order valence-electron chi connectivity index (χ3n) is 1.55. The van der Waals surface area contributed by atoms with Crippen LogP contribution in [0.4, 0.5) is 0 Å². The molecular weight excluding hydrogens is 178 g/mol. The van der Waals surface area contributed by atoms with Gasteiger partial charge in [-0.15, -0.1) is 0 Å². The smallest absolute Gasteiger partial charge is 0.122 e. The van der Waals surface area contributed by atoms with Gasteiger partial charge in [0, 0.05) is 0 Å². The third kappa shape index (κ3) is 3.52. The summed E-state index contributed by atoms with van der Waals surface area (Å²) in [5, 5.41) is 8.72. The van der Waals surface area contributed by atoms with Gasteiger partial charge in [-0.3, -0.25) is 0 Å². The quantitative estimate of drug-likeness (QED) is 0.679. The molecule has 13 heavy (non-hydrogen) atoms. The topological polar surface area (TPSA) is 23.8 Å². The number of nitriles is 1. The molecule has 1 rings (SSSR count). The molecule has 70 valence electrons. The Morgan fingerprint density at radius 2 is 1.69 bits per heavy atom. The molecule has 0 fully saturated rings. The highest BCUT2D eigenvalue weighted by Crippen LogP contribution is 2.25. The molecule has 0 aliphatic rings. The first-order chi connectivity index (χ1) is 6.17. The lowest BCUT2D eigenvalue weighted by Gasteiger charge is -2.13. The molecule has 0 bridgehead atoms. The van der Waals surface area contributed by atoms with Crippen LogP contribution in [-0.2, 0) is 4.75 Å². The molecule has 0 aliphatic heterocycles. The molecule has 1 aromatic carbocycles. The van der Waals surface area contributed by atoms with Crippen LogP contribution < -0.4 is 0 Å². The fourth-order valence-corrected chi connectivity index (χ4v) is 0.976. The van der Waals surface area contributed by atoms with Crippen molar-refractivity contribution in [1.82, 2.24) is 0 Å². The molecule has 0 saturated heterocycles. The van der Waals surface area contributed by atoms with E-state index in [9.17, 15) is 0 Å².